The van der Waals surface area contributed by atoms with E-state index in [0.29, 0.717) is 11.6 Å². The third-order valence-electron chi connectivity index (χ3n) is 5.96. The lowest BCUT2D eigenvalue weighted by molar-refractivity contribution is 0.0608. The predicted octanol–water partition coefficient (Wildman–Crippen LogP) is 2.73. The second-order valence-corrected chi connectivity index (χ2v) is 7.94. The normalized spacial score (nSPS) is 20.7. The van der Waals surface area contributed by atoms with Crippen LogP contribution in [0.2, 0.25) is 0 Å². The third kappa shape index (κ3) is 4.77. The van der Waals surface area contributed by atoms with Crippen molar-refractivity contribution in [3.63, 3.8) is 0 Å². The van der Waals surface area contributed by atoms with E-state index in [1.807, 2.05) is 29.2 Å². The topological polar surface area (TPSA) is 57.7 Å². The Morgan fingerprint density at radius 2 is 1.90 bits per heavy atom. The SMILES string of the molecule is COCC1CCN(C(=O)c2cccc(N3CCN[C@@H](c4ccccc4)C3)n2)CC1. The number of carbonyl (C=O) groups is 1. The van der Waals surface area contributed by atoms with Gasteiger partial charge in [0.05, 0.1) is 0 Å². The van der Waals surface area contributed by atoms with E-state index in [4.69, 9.17) is 9.72 Å². The molecule has 2 saturated heterocycles. The van der Waals surface area contributed by atoms with Gasteiger partial charge in [0.25, 0.3) is 5.91 Å². The number of pyridine rings is 1. The van der Waals surface area contributed by atoms with Crippen LogP contribution in [0.3, 0.4) is 0 Å². The number of nitrogens with zero attached hydrogens (tertiary/aromatic N) is 3. The van der Waals surface area contributed by atoms with Crippen molar-refractivity contribution in [2.45, 2.75) is 18.9 Å². The van der Waals surface area contributed by atoms with Crippen LogP contribution in [0.5, 0.6) is 0 Å². The van der Waals surface area contributed by atoms with Crippen molar-refractivity contribution in [3.8, 4) is 0 Å². The van der Waals surface area contributed by atoms with Crippen LogP contribution in [0.25, 0.3) is 0 Å². The van der Waals surface area contributed by atoms with Crippen molar-refractivity contribution in [2.24, 2.45) is 5.92 Å². The smallest absolute Gasteiger partial charge is 0.272 e. The number of hydrogen-bond donors (Lipinski definition) is 1. The van der Waals surface area contributed by atoms with Crippen LogP contribution in [-0.2, 0) is 4.74 Å². The molecule has 3 heterocycles. The van der Waals surface area contributed by atoms with Crippen molar-refractivity contribution in [1.82, 2.24) is 15.2 Å². The molecule has 2 aliphatic rings. The molecule has 1 aromatic heterocycles. The lowest BCUT2D eigenvalue weighted by atomic mass is 9.97. The van der Waals surface area contributed by atoms with E-state index >= 15 is 0 Å². The number of nitrogens with one attached hydrogen (secondary N) is 1. The zero-order valence-corrected chi connectivity index (χ0v) is 17.1. The summed E-state index contributed by atoms with van der Waals surface area (Å²) in [5.41, 5.74) is 1.82. The van der Waals surface area contributed by atoms with Crippen molar-refractivity contribution >= 4 is 11.7 Å². The van der Waals surface area contributed by atoms with E-state index in [1.54, 1.807) is 7.11 Å². The molecule has 2 fully saturated rings. The molecule has 0 unspecified atom stereocenters. The summed E-state index contributed by atoms with van der Waals surface area (Å²) in [6.07, 6.45) is 1.99. The molecule has 0 radical (unpaired) electrons. The Balaban J connectivity index is 1.42. The van der Waals surface area contributed by atoms with Crippen LogP contribution < -0.4 is 10.2 Å². The fraction of sp³-hybridized carbons (Fsp3) is 0.478. The summed E-state index contributed by atoms with van der Waals surface area (Å²) in [4.78, 5) is 21.9. The van der Waals surface area contributed by atoms with Crippen molar-refractivity contribution in [2.75, 3.05) is 51.3 Å². The van der Waals surface area contributed by atoms with Gasteiger partial charge in [0.15, 0.2) is 0 Å². The minimum absolute atomic E-state index is 0.0393. The van der Waals surface area contributed by atoms with Crippen molar-refractivity contribution in [3.05, 3.63) is 59.8 Å². The Kier molecular flexibility index (Phi) is 6.42. The van der Waals surface area contributed by atoms with Gasteiger partial charge in [0, 0.05) is 52.5 Å². The van der Waals surface area contributed by atoms with E-state index in [0.717, 1.165) is 58.0 Å². The van der Waals surface area contributed by atoms with Crippen molar-refractivity contribution in [1.29, 1.82) is 0 Å². The molecule has 1 N–H and O–H groups in total. The molecule has 29 heavy (non-hydrogen) atoms. The highest BCUT2D eigenvalue weighted by Crippen LogP contribution is 2.23. The van der Waals surface area contributed by atoms with Gasteiger partial charge in [-0.05, 0) is 36.5 Å². The van der Waals surface area contributed by atoms with Crippen LogP contribution in [-0.4, -0.2) is 62.2 Å². The molecule has 154 valence electrons. The number of carbonyl (C=O) groups excluding carboxylic acids is 1. The number of aromatic nitrogens is 1. The van der Waals surface area contributed by atoms with Gasteiger partial charge >= 0.3 is 0 Å². The molecule has 2 aromatic rings. The number of piperazine rings is 1. The molecule has 1 amide bonds. The quantitative estimate of drug-likeness (QED) is 0.845. The van der Waals surface area contributed by atoms with Gasteiger partial charge in [0.1, 0.15) is 11.5 Å². The van der Waals surface area contributed by atoms with Crippen LogP contribution >= 0.6 is 0 Å². The number of piperidine rings is 1. The number of ether oxygens (including phenoxy) is 1. The van der Waals surface area contributed by atoms with Gasteiger partial charge in [-0.1, -0.05) is 36.4 Å². The van der Waals surface area contributed by atoms with Crippen LogP contribution in [0.4, 0.5) is 5.82 Å². The average molecular weight is 395 g/mol. The highest BCUT2D eigenvalue weighted by molar-refractivity contribution is 5.92. The fourth-order valence-corrected chi connectivity index (χ4v) is 4.29. The Hall–Kier alpha value is -2.44. The molecule has 0 bridgehead atoms. The summed E-state index contributed by atoms with van der Waals surface area (Å²) < 4.78 is 5.26. The molecule has 2 aliphatic heterocycles. The number of rotatable bonds is 5. The molecule has 0 spiro atoms. The van der Waals surface area contributed by atoms with Crippen LogP contribution in [0.15, 0.2) is 48.5 Å². The second-order valence-electron chi connectivity index (χ2n) is 7.94. The zero-order chi connectivity index (χ0) is 20.1. The summed E-state index contributed by atoms with van der Waals surface area (Å²) in [5.74, 6) is 1.48. The highest BCUT2D eigenvalue weighted by atomic mass is 16.5. The molecule has 0 aliphatic carbocycles. The highest BCUT2D eigenvalue weighted by Gasteiger charge is 2.26. The van der Waals surface area contributed by atoms with E-state index in [-0.39, 0.29) is 11.9 Å². The first-order valence-electron chi connectivity index (χ1n) is 10.5. The fourth-order valence-electron chi connectivity index (χ4n) is 4.29. The Morgan fingerprint density at radius 3 is 2.66 bits per heavy atom. The van der Waals surface area contributed by atoms with Gasteiger partial charge in [0.2, 0.25) is 0 Å². The number of likely N-dealkylation sites (tertiary alicyclic amines) is 1. The summed E-state index contributed by atoms with van der Waals surface area (Å²) in [5, 5.41) is 3.58. The first-order chi connectivity index (χ1) is 14.2. The Labute approximate surface area is 172 Å². The van der Waals surface area contributed by atoms with E-state index in [2.05, 4.69) is 34.5 Å². The number of methoxy groups -OCH3 is 1. The third-order valence-corrected chi connectivity index (χ3v) is 5.96. The Morgan fingerprint density at radius 1 is 1.10 bits per heavy atom. The minimum atomic E-state index is 0.0393. The number of amides is 1. The largest absolute Gasteiger partial charge is 0.384 e. The van der Waals surface area contributed by atoms with E-state index in [1.165, 1.54) is 5.56 Å². The molecule has 4 rings (SSSR count). The maximum Gasteiger partial charge on any atom is 0.272 e. The molecule has 1 aromatic carbocycles. The monoisotopic (exact) mass is 394 g/mol. The van der Waals surface area contributed by atoms with Gasteiger partial charge < -0.3 is 19.9 Å². The first-order valence-corrected chi connectivity index (χ1v) is 10.5. The summed E-state index contributed by atoms with van der Waals surface area (Å²) in [6, 6.07) is 16.6. The molecular weight excluding hydrogens is 364 g/mol. The first kappa shape index (κ1) is 19.9. The molecular formula is C23H30N4O2. The summed E-state index contributed by atoms with van der Waals surface area (Å²) in [6.45, 7) is 4.96. The zero-order valence-electron chi connectivity index (χ0n) is 17.1. The van der Waals surface area contributed by atoms with Crippen molar-refractivity contribution < 1.29 is 9.53 Å². The number of hydrogen-bond acceptors (Lipinski definition) is 5. The number of benzene rings is 1. The molecule has 6 nitrogen and oxygen atoms in total. The summed E-state index contributed by atoms with van der Waals surface area (Å²) in [7, 11) is 1.74. The maximum absolute atomic E-state index is 13.0. The average Bonchev–Trinajstić information content (AvgIpc) is 2.80. The number of anilines is 1. The van der Waals surface area contributed by atoms with Crippen LogP contribution in [0, 0.1) is 5.92 Å². The Bertz CT molecular complexity index is 806. The predicted molar refractivity (Wildman–Crippen MR) is 114 cm³/mol. The minimum Gasteiger partial charge on any atom is -0.384 e. The van der Waals surface area contributed by atoms with E-state index < -0.39 is 0 Å². The van der Waals surface area contributed by atoms with Gasteiger partial charge in [-0.25, -0.2) is 4.98 Å². The van der Waals surface area contributed by atoms with Gasteiger partial charge in [-0.2, -0.15) is 0 Å². The lowest BCUT2D eigenvalue weighted by Gasteiger charge is -2.35. The maximum atomic E-state index is 13.0. The molecule has 1 atom stereocenters. The van der Waals surface area contributed by atoms with Crippen LogP contribution in [0.1, 0.15) is 34.9 Å². The van der Waals surface area contributed by atoms with Gasteiger partial charge in [-0.3, -0.25) is 4.79 Å². The standard InChI is InChI=1S/C23H30N4O2/c1-29-17-18-10-13-26(14-11-18)23(28)20-8-5-9-22(25-20)27-15-12-24-21(16-27)19-6-3-2-4-7-19/h2-9,18,21,24H,10-17H2,1H3/t21-/m1/s1. The summed E-state index contributed by atoms with van der Waals surface area (Å²) >= 11 is 0. The molecule has 6 heteroatoms. The second kappa shape index (κ2) is 9.37. The lowest BCUT2D eigenvalue weighted by Crippen LogP contribution is -2.46. The molecule has 0 saturated carbocycles. The van der Waals surface area contributed by atoms with E-state index in [9.17, 15) is 4.79 Å². The van der Waals surface area contributed by atoms with Gasteiger partial charge in [-0.15, -0.1) is 0 Å².